The molecule has 0 amide bonds. The van der Waals surface area contributed by atoms with Gasteiger partial charge in [-0.2, -0.15) is 0 Å². The summed E-state index contributed by atoms with van der Waals surface area (Å²) < 4.78 is 27.4. The first kappa shape index (κ1) is 36.1. The average Bonchev–Trinajstić information content (AvgIpc) is 3.10. The minimum Gasteiger partial charge on any atom is -0.494 e. The van der Waals surface area contributed by atoms with E-state index in [9.17, 15) is 19.2 Å². The molecule has 0 N–H and O–H groups in total. The number of rotatable bonds is 17. The number of hydrogen-bond donors (Lipinski definition) is 0. The average molecular weight is 665 g/mol. The Balaban J connectivity index is 1.28. The Morgan fingerprint density at radius 3 is 2.00 bits per heavy atom. The number of aryl methyl sites for hydroxylation is 1. The summed E-state index contributed by atoms with van der Waals surface area (Å²) in [6.07, 6.45) is 5.97. The van der Waals surface area contributed by atoms with Crippen LogP contribution in [-0.2, 0) is 20.7 Å². The Kier molecular flexibility index (Phi) is 13.3. The number of unbranched alkanes of at least 4 members (excludes halogenated alkanes) is 3. The van der Waals surface area contributed by atoms with Crippen LogP contribution in [0.25, 0.3) is 10.8 Å². The van der Waals surface area contributed by atoms with Crippen LogP contribution in [-0.4, -0.2) is 37.1 Å². The van der Waals surface area contributed by atoms with Gasteiger partial charge < -0.3 is 23.7 Å². The largest absolute Gasteiger partial charge is 0.494 e. The zero-order valence-electron chi connectivity index (χ0n) is 27.8. The molecule has 0 saturated heterocycles. The molecule has 0 aliphatic carbocycles. The minimum absolute atomic E-state index is 0.335. The quantitative estimate of drug-likeness (QED) is 0.0475. The zero-order chi connectivity index (χ0) is 35.2. The third-order valence-corrected chi connectivity index (χ3v) is 7.38. The molecule has 0 aliphatic heterocycles. The molecule has 4 rings (SSSR count). The van der Waals surface area contributed by atoms with E-state index in [-0.39, 0.29) is 5.97 Å². The van der Waals surface area contributed by atoms with Crippen molar-refractivity contribution >= 4 is 34.6 Å². The molecule has 0 bridgehead atoms. The van der Waals surface area contributed by atoms with E-state index < -0.39 is 17.9 Å². The molecule has 0 unspecified atom stereocenters. The summed E-state index contributed by atoms with van der Waals surface area (Å²) in [4.78, 5) is 48.9. The van der Waals surface area contributed by atoms with Crippen LogP contribution in [0.4, 0.5) is 0 Å². The van der Waals surface area contributed by atoms with Crippen molar-refractivity contribution in [2.45, 2.75) is 52.4 Å². The van der Waals surface area contributed by atoms with E-state index in [1.807, 2.05) is 6.92 Å². The fourth-order valence-corrected chi connectivity index (χ4v) is 4.80. The lowest BCUT2D eigenvalue weighted by atomic mass is 10.1. The second-order valence-electron chi connectivity index (χ2n) is 11.4. The zero-order valence-corrected chi connectivity index (χ0v) is 27.8. The van der Waals surface area contributed by atoms with E-state index >= 15 is 0 Å². The summed E-state index contributed by atoms with van der Waals surface area (Å²) in [7, 11) is 0. The van der Waals surface area contributed by atoms with Crippen LogP contribution < -0.4 is 18.9 Å². The van der Waals surface area contributed by atoms with E-state index in [0.717, 1.165) is 54.5 Å². The maximum atomic E-state index is 13.1. The van der Waals surface area contributed by atoms with Gasteiger partial charge in [0.25, 0.3) is 0 Å². The third-order valence-electron chi connectivity index (χ3n) is 7.38. The summed E-state index contributed by atoms with van der Waals surface area (Å²) in [6.45, 7) is 11.5. The molecule has 0 spiro atoms. The van der Waals surface area contributed by atoms with Crippen LogP contribution in [0.5, 0.6) is 23.0 Å². The van der Waals surface area contributed by atoms with Gasteiger partial charge in [-0.05, 0) is 122 Å². The smallest absolute Gasteiger partial charge is 0.343 e. The van der Waals surface area contributed by atoms with Crippen LogP contribution in [0.1, 0.15) is 72.2 Å². The van der Waals surface area contributed by atoms with Crippen molar-refractivity contribution < 1.29 is 42.9 Å². The molecule has 9 heteroatoms. The monoisotopic (exact) mass is 664 g/mol. The maximum Gasteiger partial charge on any atom is 0.343 e. The first-order chi connectivity index (χ1) is 23.7. The molecule has 0 aliphatic rings. The van der Waals surface area contributed by atoms with Gasteiger partial charge in [0.15, 0.2) is 0 Å². The Bertz CT molecular complexity index is 1820. The van der Waals surface area contributed by atoms with E-state index in [1.165, 1.54) is 0 Å². The molecule has 0 atom stereocenters. The van der Waals surface area contributed by atoms with Crippen molar-refractivity contribution in [1.29, 1.82) is 0 Å². The molecule has 9 nitrogen and oxygen atoms in total. The van der Waals surface area contributed by atoms with E-state index in [2.05, 4.69) is 13.2 Å². The number of carbonyl (C=O) groups is 4. The van der Waals surface area contributed by atoms with Gasteiger partial charge in [-0.1, -0.05) is 38.6 Å². The highest BCUT2D eigenvalue weighted by Crippen LogP contribution is 2.28. The van der Waals surface area contributed by atoms with Gasteiger partial charge in [0, 0.05) is 11.6 Å². The van der Waals surface area contributed by atoms with Crippen LogP contribution >= 0.6 is 0 Å². The first-order valence-electron chi connectivity index (χ1n) is 16.2. The predicted octanol–water partition coefficient (Wildman–Crippen LogP) is 8.38. The molecule has 0 radical (unpaired) electrons. The summed E-state index contributed by atoms with van der Waals surface area (Å²) >= 11 is 0. The molecule has 0 aromatic heterocycles. The number of fused-ring (bicyclic) bond motifs is 1. The lowest BCUT2D eigenvalue weighted by Gasteiger charge is -2.13. The Hall–Kier alpha value is -5.70. The summed E-state index contributed by atoms with van der Waals surface area (Å²) in [5, 5.41) is 1.56. The molecule has 49 heavy (non-hydrogen) atoms. The SMILES string of the molecule is C=CC(=O)Oc1ccc2cc(C(=O)Oc3ccc(OC(=O)c4ccc(OCCCCCCOC(=O)C(=C)C)cc4)cc3CCC)ccc2c1. The number of hydrogen-bond acceptors (Lipinski definition) is 9. The summed E-state index contributed by atoms with van der Waals surface area (Å²) in [6, 6.07) is 21.9. The van der Waals surface area contributed by atoms with Gasteiger partial charge in [0.1, 0.15) is 23.0 Å². The van der Waals surface area contributed by atoms with Crippen molar-refractivity contribution in [2.24, 2.45) is 0 Å². The molecular formula is C40H40O9. The lowest BCUT2D eigenvalue weighted by molar-refractivity contribution is -0.139. The van der Waals surface area contributed by atoms with Gasteiger partial charge in [-0.25, -0.2) is 19.2 Å². The van der Waals surface area contributed by atoms with E-state index in [0.29, 0.717) is 59.3 Å². The predicted molar refractivity (Wildman–Crippen MR) is 186 cm³/mol. The number of esters is 4. The van der Waals surface area contributed by atoms with Crippen molar-refractivity contribution in [1.82, 2.24) is 0 Å². The van der Waals surface area contributed by atoms with Crippen molar-refractivity contribution in [3.05, 3.63) is 120 Å². The molecule has 0 heterocycles. The van der Waals surface area contributed by atoms with Gasteiger partial charge in [-0.3, -0.25) is 0 Å². The molecule has 0 saturated carbocycles. The molecule has 4 aromatic rings. The molecule has 0 fully saturated rings. The number of ether oxygens (including phenoxy) is 5. The van der Waals surface area contributed by atoms with Gasteiger partial charge >= 0.3 is 23.9 Å². The molecule has 4 aromatic carbocycles. The second-order valence-corrected chi connectivity index (χ2v) is 11.4. The third kappa shape index (κ3) is 10.9. The van der Waals surface area contributed by atoms with Gasteiger partial charge in [0.2, 0.25) is 0 Å². The lowest BCUT2D eigenvalue weighted by Crippen LogP contribution is -2.11. The van der Waals surface area contributed by atoms with E-state index in [4.69, 9.17) is 23.7 Å². The standard InChI is InChI=1S/C40H40O9/c1-5-11-31-26-35(48-39(43)28-14-17-33(18-15-28)45-22-9-7-8-10-23-46-38(42)27(3)4)20-21-36(31)49-40(44)32-13-12-30-25-34(47-37(41)6-2)19-16-29(30)24-32/h6,12-21,24-26H,2-3,5,7-11,22-23H2,1,4H3. The van der Waals surface area contributed by atoms with Crippen LogP contribution in [0.2, 0.25) is 0 Å². The van der Waals surface area contributed by atoms with Gasteiger partial charge in [0.05, 0.1) is 24.3 Å². The highest BCUT2D eigenvalue weighted by Gasteiger charge is 2.16. The topological polar surface area (TPSA) is 114 Å². The van der Waals surface area contributed by atoms with Gasteiger partial charge in [-0.15, -0.1) is 0 Å². The Morgan fingerprint density at radius 1 is 0.673 bits per heavy atom. The normalized spacial score (nSPS) is 10.6. The molecular weight excluding hydrogens is 624 g/mol. The fourth-order valence-electron chi connectivity index (χ4n) is 4.80. The van der Waals surface area contributed by atoms with Crippen LogP contribution in [0, 0.1) is 0 Å². The number of carbonyl (C=O) groups excluding carboxylic acids is 4. The Labute approximate surface area is 286 Å². The summed E-state index contributed by atoms with van der Waals surface area (Å²) in [5.41, 5.74) is 1.85. The van der Waals surface area contributed by atoms with Crippen molar-refractivity contribution in [3.63, 3.8) is 0 Å². The highest BCUT2D eigenvalue weighted by molar-refractivity contribution is 5.97. The Morgan fingerprint density at radius 2 is 1.29 bits per heavy atom. The van der Waals surface area contributed by atoms with Crippen molar-refractivity contribution in [3.8, 4) is 23.0 Å². The summed E-state index contributed by atoms with van der Waals surface area (Å²) in [5.74, 6) is -0.234. The number of benzene rings is 4. The second kappa shape index (κ2) is 18.0. The molecule has 254 valence electrons. The first-order valence-corrected chi connectivity index (χ1v) is 16.2. The van der Waals surface area contributed by atoms with E-state index in [1.54, 1.807) is 85.8 Å². The fraction of sp³-hybridized carbons (Fsp3) is 0.250. The highest BCUT2D eigenvalue weighted by atomic mass is 16.5. The van der Waals surface area contributed by atoms with Crippen LogP contribution in [0.15, 0.2) is 104 Å². The maximum absolute atomic E-state index is 13.1. The van der Waals surface area contributed by atoms with Crippen molar-refractivity contribution in [2.75, 3.05) is 13.2 Å². The minimum atomic E-state index is -0.555. The van der Waals surface area contributed by atoms with Crippen LogP contribution in [0.3, 0.4) is 0 Å².